The number of phenolic OH excluding ortho intramolecular Hbond substituents is 3. The Hall–Kier alpha value is -2.90. The van der Waals surface area contributed by atoms with Crippen LogP contribution in [0.4, 0.5) is 13.2 Å². The smallest absolute Gasteiger partial charge is 0.408 e. The number of benzene rings is 2. The molecule has 3 rings (SSSR count). The number of phenols is 3. The van der Waals surface area contributed by atoms with Gasteiger partial charge >= 0.3 is 6.18 Å². The summed E-state index contributed by atoms with van der Waals surface area (Å²) in [4.78, 5) is 0. The highest BCUT2D eigenvalue weighted by atomic mass is 19.4. The Morgan fingerprint density at radius 1 is 0.957 bits per heavy atom. The number of hydrogen-bond acceptors (Lipinski definition) is 4. The van der Waals surface area contributed by atoms with Crippen molar-refractivity contribution < 1.29 is 28.5 Å². The van der Waals surface area contributed by atoms with Gasteiger partial charge in [0.05, 0.1) is 5.52 Å². The Morgan fingerprint density at radius 3 is 2.26 bits per heavy atom. The molecule has 8 heteroatoms. The number of rotatable bonds is 2. The van der Waals surface area contributed by atoms with Crippen molar-refractivity contribution in [2.75, 3.05) is 0 Å². The average Bonchev–Trinajstić information content (AvgIpc) is 2.75. The monoisotopic (exact) mass is 324 g/mol. The first-order valence-corrected chi connectivity index (χ1v) is 6.53. The van der Waals surface area contributed by atoms with Crippen LogP contribution in [0.3, 0.4) is 0 Å². The predicted molar refractivity (Wildman–Crippen MR) is 76.2 cm³/mol. The van der Waals surface area contributed by atoms with Gasteiger partial charge in [0.1, 0.15) is 29.5 Å². The molecule has 2 aromatic carbocycles. The zero-order valence-electron chi connectivity index (χ0n) is 11.5. The number of hydrogen-bond donors (Lipinski definition) is 3. The van der Waals surface area contributed by atoms with Crippen LogP contribution in [0.5, 0.6) is 17.2 Å². The quantitative estimate of drug-likeness (QED) is 0.675. The van der Waals surface area contributed by atoms with E-state index in [1.165, 1.54) is 30.3 Å². The molecule has 0 aliphatic rings. The molecule has 0 bridgehead atoms. The lowest BCUT2D eigenvalue weighted by atomic mass is 10.1. The molecule has 0 amide bonds. The number of alkyl halides is 3. The molecular weight excluding hydrogens is 313 g/mol. The Bertz CT molecular complexity index is 888. The lowest BCUT2D eigenvalue weighted by Crippen LogP contribution is -2.18. The molecule has 0 saturated carbocycles. The van der Waals surface area contributed by atoms with Crippen LogP contribution in [0.1, 0.15) is 0 Å². The first kappa shape index (κ1) is 15.0. The van der Waals surface area contributed by atoms with Crippen molar-refractivity contribution in [1.29, 1.82) is 0 Å². The average molecular weight is 324 g/mol. The number of nitrogens with zero attached hydrogens (tertiary/aromatic N) is 2. The number of fused-ring (bicyclic) bond motifs is 1. The number of aromatic hydroxyl groups is 3. The highest BCUT2D eigenvalue weighted by Gasteiger charge is 2.30. The Balaban J connectivity index is 2.25. The molecule has 3 aromatic rings. The van der Waals surface area contributed by atoms with E-state index in [0.29, 0.717) is 5.39 Å². The largest absolute Gasteiger partial charge is 0.508 e. The number of halogens is 3. The minimum Gasteiger partial charge on any atom is -0.508 e. The van der Waals surface area contributed by atoms with Gasteiger partial charge in [-0.15, -0.1) is 0 Å². The molecule has 0 radical (unpaired) electrons. The molecule has 5 nitrogen and oxygen atoms in total. The fourth-order valence-corrected chi connectivity index (χ4v) is 2.37. The van der Waals surface area contributed by atoms with E-state index < -0.39 is 12.7 Å². The second-order valence-corrected chi connectivity index (χ2v) is 5.02. The van der Waals surface area contributed by atoms with Gasteiger partial charge in [0.25, 0.3) is 0 Å². The molecule has 0 saturated heterocycles. The highest BCUT2D eigenvalue weighted by molar-refractivity contribution is 5.95. The molecule has 0 aliphatic heterocycles. The fourth-order valence-electron chi connectivity index (χ4n) is 2.37. The van der Waals surface area contributed by atoms with Crippen molar-refractivity contribution >= 4 is 10.9 Å². The van der Waals surface area contributed by atoms with Gasteiger partial charge in [-0.05, 0) is 24.3 Å². The van der Waals surface area contributed by atoms with Crippen LogP contribution < -0.4 is 0 Å². The van der Waals surface area contributed by atoms with Crippen molar-refractivity contribution in [3.8, 4) is 28.5 Å². The van der Waals surface area contributed by atoms with Gasteiger partial charge in [-0.25, -0.2) is 0 Å². The lowest BCUT2D eigenvalue weighted by molar-refractivity contribution is -0.141. The lowest BCUT2D eigenvalue weighted by Gasteiger charge is -2.07. The van der Waals surface area contributed by atoms with Crippen molar-refractivity contribution in [3.05, 3.63) is 36.4 Å². The zero-order chi connectivity index (χ0) is 16.8. The summed E-state index contributed by atoms with van der Waals surface area (Å²) in [6.07, 6.45) is -4.49. The van der Waals surface area contributed by atoms with E-state index in [-0.39, 0.29) is 34.0 Å². The van der Waals surface area contributed by atoms with E-state index in [9.17, 15) is 28.5 Å². The summed E-state index contributed by atoms with van der Waals surface area (Å²) < 4.78 is 38.8. The molecule has 1 heterocycles. The third kappa shape index (κ3) is 2.87. The summed E-state index contributed by atoms with van der Waals surface area (Å²) in [5.74, 6) is -0.679. The molecule has 3 N–H and O–H groups in total. The maximum Gasteiger partial charge on any atom is 0.408 e. The van der Waals surface area contributed by atoms with Gasteiger partial charge in [0, 0.05) is 23.1 Å². The zero-order valence-corrected chi connectivity index (χ0v) is 11.5. The number of aromatic nitrogens is 2. The van der Waals surface area contributed by atoms with Crippen LogP contribution in [-0.4, -0.2) is 31.3 Å². The third-order valence-electron chi connectivity index (χ3n) is 3.30. The topological polar surface area (TPSA) is 78.5 Å². The van der Waals surface area contributed by atoms with Crippen LogP contribution in [0.2, 0.25) is 0 Å². The summed E-state index contributed by atoms with van der Waals surface area (Å²) >= 11 is 0. The SMILES string of the molecule is Oc1ccc(-c2nn(CC(F)(F)F)c3cc(O)ccc23)c(O)c1. The Labute approximate surface area is 127 Å². The van der Waals surface area contributed by atoms with E-state index in [0.717, 1.165) is 10.7 Å². The van der Waals surface area contributed by atoms with Crippen molar-refractivity contribution in [1.82, 2.24) is 9.78 Å². The van der Waals surface area contributed by atoms with Gasteiger partial charge in [0.15, 0.2) is 0 Å². The van der Waals surface area contributed by atoms with Crippen molar-refractivity contribution in [2.45, 2.75) is 12.7 Å². The standard InChI is InChI=1S/C15H11F3N2O3/c16-15(17,18)7-20-12-5-8(21)1-3-10(12)14(19-20)11-4-2-9(22)6-13(11)23/h1-6,21-23H,7H2. The van der Waals surface area contributed by atoms with E-state index >= 15 is 0 Å². The summed E-state index contributed by atoms with van der Waals surface area (Å²) in [7, 11) is 0. The van der Waals surface area contributed by atoms with E-state index in [1.54, 1.807) is 0 Å². The normalized spacial score (nSPS) is 12.0. The maximum atomic E-state index is 12.7. The Kier molecular flexibility index (Phi) is 3.32. The van der Waals surface area contributed by atoms with Crippen LogP contribution in [-0.2, 0) is 6.54 Å². The van der Waals surface area contributed by atoms with Gasteiger partial charge in [0.2, 0.25) is 0 Å². The van der Waals surface area contributed by atoms with Crippen LogP contribution in [0.15, 0.2) is 36.4 Å². The molecule has 0 spiro atoms. The van der Waals surface area contributed by atoms with Gasteiger partial charge in [-0.1, -0.05) is 0 Å². The molecule has 0 fully saturated rings. The van der Waals surface area contributed by atoms with Crippen molar-refractivity contribution in [3.63, 3.8) is 0 Å². The second kappa shape index (κ2) is 5.08. The maximum absolute atomic E-state index is 12.7. The van der Waals surface area contributed by atoms with Crippen LogP contribution in [0.25, 0.3) is 22.2 Å². The van der Waals surface area contributed by atoms with E-state index in [1.807, 2.05) is 0 Å². The summed E-state index contributed by atoms with van der Waals surface area (Å²) in [6, 6.07) is 7.65. The minimum atomic E-state index is -4.49. The molecule has 0 aliphatic carbocycles. The van der Waals surface area contributed by atoms with E-state index in [4.69, 9.17) is 0 Å². The van der Waals surface area contributed by atoms with E-state index in [2.05, 4.69) is 5.10 Å². The second-order valence-electron chi connectivity index (χ2n) is 5.02. The molecule has 23 heavy (non-hydrogen) atoms. The predicted octanol–water partition coefficient (Wildman–Crippen LogP) is 3.38. The summed E-state index contributed by atoms with van der Waals surface area (Å²) in [5, 5.41) is 33.0. The molecule has 1 aromatic heterocycles. The fraction of sp³-hybridized carbons (Fsp3) is 0.133. The minimum absolute atomic E-state index is 0.0878. The first-order chi connectivity index (χ1) is 10.7. The summed E-state index contributed by atoms with van der Waals surface area (Å²) in [6.45, 7) is -1.33. The molecular formula is C15H11F3N2O3. The molecule has 0 unspecified atom stereocenters. The third-order valence-corrected chi connectivity index (χ3v) is 3.30. The van der Waals surface area contributed by atoms with Crippen LogP contribution >= 0.6 is 0 Å². The summed E-state index contributed by atoms with van der Waals surface area (Å²) in [5.41, 5.74) is 0.394. The molecule has 0 atom stereocenters. The van der Waals surface area contributed by atoms with Crippen molar-refractivity contribution in [2.24, 2.45) is 0 Å². The van der Waals surface area contributed by atoms with Gasteiger partial charge < -0.3 is 15.3 Å². The van der Waals surface area contributed by atoms with Gasteiger partial charge in [-0.3, -0.25) is 4.68 Å². The van der Waals surface area contributed by atoms with Crippen LogP contribution in [0, 0.1) is 0 Å². The molecule has 120 valence electrons. The highest BCUT2D eigenvalue weighted by Crippen LogP contribution is 2.37. The first-order valence-electron chi connectivity index (χ1n) is 6.53. The Morgan fingerprint density at radius 2 is 1.61 bits per heavy atom. The van der Waals surface area contributed by atoms with Gasteiger partial charge in [-0.2, -0.15) is 18.3 Å².